The van der Waals surface area contributed by atoms with E-state index in [0.717, 1.165) is 18.7 Å². The van der Waals surface area contributed by atoms with Crippen LogP contribution < -0.4 is 5.32 Å². The topological polar surface area (TPSA) is 50.8 Å². The van der Waals surface area contributed by atoms with Crippen molar-refractivity contribution < 1.29 is 27.4 Å². The second kappa shape index (κ2) is 8.64. The molecule has 1 aromatic carbocycles. The molecule has 0 radical (unpaired) electrons. The molecular weight excluding hydrogens is 337 g/mol. The van der Waals surface area contributed by atoms with E-state index in [0.29, 0.717) is 19.6 Å². The second-order valence-electron chi connectivity index (χ2n) is 6.23. The van der Waals surface area contributed by atoms with Crippen LogP contribution in [-0.2, 0) is 15.7 Å². The van der Waals surface area contributed by atoms with Crippen LogP contribution in [0, 0.1) is 0 Å². The van der Waals surface area contributed by atoms with Gasteiger partial charge in [-0.15, -0.1) is 0 Å². The van der Waals surface area contributed by atoms with Crippen molar-refractivity contribution in [3.05, 3.63) is 35.4 Å². The summed E-state index contributed by atoms with van der Waals surface area (Å²) in [6.45, 7) is 2.05. The molecule has 5 nitrogen and oxygen atoms in total. The van der Waals surface area contributed by atoms with Crippen molar-refractivity contribution in [3.63, 3.8) is 0 Å². The summed E-state index contributed by atoms with van der Waals surface area (Å²) in [6, 6.07) is 3.98. The quantitative estimate of drug-likeness (QED) is 0.845. The molecule has 1 amide bonds. The van der Waals surface area contributed by atoms with Gasteiger partial charge in [0, 0.05) is 18.7 Å². The number of rotatable bonds is 6. The summed E-state index contributed by atoms with van der Waals surface area (Å²) in [7, 11) is 3.86. The SMILES string of the molecule is CN(C)CCO[C@@H]1CCOC[C@@H]1NC(=O)c1cccc(C(F)(F)F)c1. The average molecular weight is 360 g/mol. The third-order valence-electron chi connectivity index (χ3n) is 3.93. The Hall–Kier alpha value is -1.64. The highest BCUT2D eigenvalue weighted by atomic mass is 19.4. The first kappa shape index (κ1) is 19.7. The molecule has 0 saturated carbocycles. The lowest BCUT2D eigenvalue weighted by molar-refractivity contribution is -0.137. The number of alkyl halides is 3. The number of nitrogens with zero attached hydrogens (tertiary/aromatic N) is 1. The Kier molecular flexibility index (Phi) is 6.80. The first-order valence-electron chi connectivity index (χ1n) is 8.09. The highest BCUT2D eigenvalue weighted by Gasteiger charge is 2.32. The fourth-order valence-electron chi connectivity index (χ4n) is 2.53. The van der Waals surface area contributed by atoms with Gasteiger partial charge < -0.3 is 19.7 Å². The zero-order chi connectivity index (χ0) is 18.4. The van der Waals surface area contributed by atoms with Crippen molar-refractivity contribution in [2.24, 2.45) is 0 Å². The minimum atomic E-state index is -4.48. The van der Waals surface area contributed by atoms with Gasteiger partial charge in [0.25, 0.3) is 5.91 Å². The van der Waals surface area contributed by atoms with E-state index in [1.165, 1.54) is 12.1 Å². The lowest BCUT2D eigenvalue weighted by Gasteiger charge is -2.32. The van der Waals surface area contributed by atoms with E-state index in [4.69, 9.17) is 9.47 Å². The Morgan fingerprint density at radius 1 is 1.40 bits per heavy atom. The Morgan fingerprint density at radius 2 is 2.16 bits per heavy atom. The molecule has 1 N–H and O–H groups in total. The van der Waals surface area contributed by atoms with Gasteiger partial charge in [-0.1, -0.05) is 6.07 Å². The van der Waals surface area contributed by atoms with Crippen molar-refractivity contribution in [3.8, 4) is 0 Å². The Morgan fingerprint density at radius 3 is 2.84 bits per heavy atom. The van der Waals surface area contributed by atoms with E-state index in [-0.39, 0.29) is 18.3 Å². The molecule has 1 heterocycles. The molecule has 25 heavy (non-hydrogen) atoms. The zero-order valence-corrected chi connectivity index (χ0v) is 14.3. The molecule has 1 aromatic rings. The van der Waals surface area contributed by atoms with Crippen LogP contribution in [0.3, 0.4) is 0 Å². The number of halogens is 3. The summed E-state index contributed by atoms with van der Waals surface area (Å²) in [4.78, 5) is 14.3. The summed E-state index contributed by atoms with van der Waals surface area (Å²) in [6.07, 6.45) is -4.08. The number of carbonyl (C=O) groups excluding carboxylic acids is 1. The lowest BCUT2D eigenvalue weighted by Crippen LogP contribution is -2.51. The molecule has 1 aliphatic heterocycles. The molecule has 1 fully saturated rings. The van der Waals surface area contributed by atoms with Gasteiger partial charge in [-0.2, -0.15) is 13.2 Å². The molecule has 2 atom stereocenters. The van der Waals surface area contributed by atoms with Gasteiger partial charge in [-0.05, 0) is 38.7 Å². The van der Waals surface area contributed by atoms with Crippen LogP contribution in [0.4, 0.5) is 13.2 Å². The van der Waals surface area contributed by atoms with E-state index < -0.39 is 23.7 Å². The maximum absolute atomic E-state index is 12.8. The largest absolute Gasteiger partial charge is 0.416 e. The molecule has 0 aromatic heterocycles. The number of nitrogens with one attached hydrogen (secondary N) is 1. The van der Waals surface area contributed by atoms with Gasteiger partial charge in [0.2, 0.25) is 0 Å². The van der Waals surface area contributed by atoms with E-state index in [2.05, 4.69) is 5.32 Å². The van der Waals surface area contributed by atoms with Crippen molar-refractivity contribution in [2.45, 2.75) is 24.7 Å². The molecule has 8 heteroatoms. The molecule has 140 valence electrons. The second-order valence-corrected chi connectivity index (χ2v) is 6.23. The summed E-state index contributed by atoms with van der Waals surface area (Å²) in [5.41, 5.74) is -0.883. The van der Waals surface area contributed by atoms with E-state index in [1.54, 1.807) is 0 Å². The average Bonchev–Trinajstić information content (AvgIpc) is 2.55. The summed E-state index contributed by atoms with van der Waals surface area (Å²) < 4.78 is 49.5. The Bertz CT molecular complexity index is 579. The van der Waals surface area contributed by atoms with Gasteiger partial charge in [0.05, 0.1) is 30.9 Å². The summed E-state index contributed by atoms with van der Waals surface area (Å²) in [5.74, 6) is -0.567. The number of hydrogen-bond donors (Lipinski definition) is 1. The van der Waals surface area contributed by atoms with E-state index in [9.17, 15) is 18.0 Å². The number of likely N-dealkylation sites (N-methyl/N-ethyl adjacent to an activating group) is 1. The van der Waals surface area contributed by atoms with Gasteiger partial charge in [0.15, 0.2) is 0 Å². The first-order valence-corrected chi connectivity index (χ1v) is 8.09. The molecule has 0 bridgehead atoms. The number of hydrogen-bond acceptors (Lipinski definition) is 4. The zero-order valence-electron chi connectivity index (χ0n) is 14.3. The number of carbonyl (C=O) groups is 1. The van der Waals surface area contributed by atoms with Crippen LogP contribution in [0.15, 0.2) is 24.3 Å². The van der Waals surface area contributed by atoms with Crippen LogP contribution in [0.5, 0.6) is 0 Å². The van der Waals surface area contributed by atoms with Crippen LogP contribution in [0.2, 0.25) is 0 Å². The maximum Gasteiger partial charge on any atom is 0.416 e. The minimum Gasteiger partial charge on any atom is -0.379 e. The van der Waals surface area contributed by atoms with Crippen molar-refractivity contribution in [2.75, 3.05) is 40.5 Å². The van der Waals surface area contributed by atoms with Crippen molar-refractivity contribution >= 4 is 5.91 Å². The first-order chi connectivity index (χ1) is 11.8. The van der Waals surface area contributed by atoms with Crippen LogP contribution in [-0.4, -0.2) is 63.4 Å². The molecule has 0 spiro atoms. The highest BCUT2D eigenvalue weighted by Crippen LogP contribution is 2.29. The third-order valence-corrected chi connectivity index (χ3v) is 3.93. The maximum atomic E-state index is 12.8. The highest BCUT2D eigenvalue weighted by molar-refractivity contribution is 5.94. The monoisotopic (exact) mass is 360 g/mol. The van der Waals surface area contributed by atoms with Crippen LogP contribution in [0.1, 0.15) is 22.3 Å². The smallest absolute Gasteiger partial charge is 0.379 e. The number of ether oxygens (including phenoxy) is 2. The molecule has 0 unspecified atom stereocenters. The Balaban J connectivity index is 1.99. The molecule has 2 rings (SSSR count). The van der Waals surface area contributed by atoms with Gasteiger partial charge in [-0.25, -0.2) is 0 Å². The van der Waals surface area contributed by atoms with Crippen molar-refractivity contribution in [1.82, 2.24) is 10.2 Å². The number of benzene rings is 1. The molecule has 1 aliphatic rings. The van der Waals surface area contributed by atoms with Crippen molar-refractivity contribution in [1.29, 1.82) is 0 Å². The summed E-state index contributed by atoms with van der Waals surface area (Å²) in [5, 5.41) is 2.73. The molecular formula is C17H23F3N2O3. The minimum absolute atomic E-state index is 0.0348. The fourth-order valence-corrected chi connectivity index (χ4v) is 2.53. The standard InChI is InChI=1S/C17H23F3N2O3/c1-22(2)7-9-25-15-6-8-24-11-14(15)21-16(23)12-4-3-5-13(10-12)17(18,19)20/h3-5,10,14-15H,6-9,11H2,1-2H3,(H,21,23)/t14-,15+/m0/s1. The van der Waals surface area contributed by atoms with Gasteiger partial charge >= 0.3 is 6.18 Å². The Labute approximate surface area is 145 Å². The molecule has 1 saturated heterocycles. The summed E-state index contributed by atoms with van der Waals surface area (Å²) >= 11 is 0. The normalized spacial score (nSPS) is 21.4. The predicted molar refractivity (Wildman–Crippen MR) is 86.4 cm³/mol. The van der Waals surface area contributed by atoms with Crippen LogP contribution in [0.25, 0.3) is 0 Å². The third kappa shape index (κ3) is 5.98. The van der Waals surface area contributed by atoms with E-state index >= 15 is 0 Å². The van der Waals surface area contributed by atoms with Crippen LogP contribution >= 0.6 is 0 Å². The van der Waals surface area contributed by atoms with E-state index in [1.807, 2.05) is 19.0 Å². The fraction of sp³-hybridized carbons (Fsp3) is 0.588. The lowest BCUT2D eigenvalue weighted by atomic mass is 10.0. The van der Waals surface area contributed by atoms with Gasteiger partial charge in [0.1, 0.15) is 0 Å². The van der Waals surface area contributed by atoms with Gasteiger partial charge in [-0.3, -0.25) is 4.79 Å². The molecule has 0 aliphatic carbocycles. The predicted octanol–water partition coefficient (Wildman–Crippen LogP) is 2.17. The number of amides is 1.